The van der Waals surface area contributed by atoms with E-state index in [0.717, 1.165) is 10.9 Å². The molecule has 0 bridgehead atoms. The first-order chi connectivity index (χ1) is 6.60. The number of carbonyl (C=O) groups is 1. The van der Waals surface area contributed by atoms with Crippen LogP contribution in [0.3, 0.4) is 0 Å². The normalized spacial score (nSPS) is 10.0. The van der Waals surface area contributed by atoms with E-state index in [1.54, 1.807) is 0 Å². The first-order valence-corrected chi connectivity index (χ1v) is 5.26. The lowest BCUT2D eigenvalue weighted by Gasteiger charge is -2.08. The molecule has 3 heteroatoms. The SMILES string of the molecule is CCc1cc(C(=O)OC)c(Br)cc1C. The van der Waals surface area contributed by atoms with E-state index in [0.29, 0.717) is 5.56 Å². The molecule has 1 aromatic rings. The second-order valence-corrected chi connectivity index (χ2v) is 3.96. The smallest absolute Gasteiger partial charge is 0.339 e. The largest absolute Gasteiger partial charge is 0.465 e. The molecule has 0 aliphatic heterocycles. The minimum Gasteiger partial charge on any atom is -0.465 e. The molecule has 0 saturated carbocycles. The monoisotopic (exact) mass is 256 g/mol. The molecular weight excluding hydrogens is 244 g/mol. The second-order valence-electron chi connectivity index (χ2n) is 3.10. The predicted molar refractivity (Wildman–Crippen MR) is 59.6 cm³/mol. The highest BCUT2D eigenvalue weighted by Gasteiger charge is 2.12. The summed E-state index contributed by atoms with van der Waals surface area (Å²) >= 11 is 3.35. The number of rotatable bonds is 2. The van der Waals surface area contributed by atoms with Gasteiger partial charge in [0, 0.05) is 4.47 Å². The number of methoxy groups -OCH3 is 1. The third-order valence-electron chi connectivity index (χ3n) is 2.21. The van der Waals surface area contributed by atoms with Gasteiger partial charge < -0.3 is 4.74 Å². The molecule has 0 fully saturated rings. The molecule has 0 amide bonds. The maximum atomic E-state index is 11.4. The molecule has 0 atom stereocenters. The van der Waals surface area contributed by atoms with Crippen LogP contribution in [-0.4, -0.2) is 13.1 Å². The van der Waals surface area contributed by atoms with Crippen LogP contribution >= 0.6 is 15.9 Å². The number of hydrogen-bond acceptors (Lipinski definition) is 2. The van der Waals surface area contributed by atoms with Crippen LogP contribution in [0.25, 0.3) is 0 Å². The zero-order valence-corrected chi connectivity index (χ0v) is 10.1. The van der Waals surface area contributed by atoms with Gasteiger partial charge in [-0.2, -0.15) is 0 Å². The van der Waals surface area contributed by atoms with Gasteiger partial charge in [-0.3, -0.25) is 0 Å². The molecular formula is C11H13BrO2. The van der Waals surface area contributed by atoms with Crippen LogP contribution < -0.4 is 0 Å². The summed E-state index contributed by atoms with van der Waals surface area (Å²) in [5, 5.41) is 0. The maximum absolute atomic E-state index is 11.4. The van der Waals surface area contributed by atoms with E-state index in [1.165, 1.54) is 18.2 Å². The van der Waals surface area contributed by atoms with E-state index in [4.69, 9.17) is 0 Å². The Kier molecular flexibility index (Phi) is 3.69. The van der Waals surface area contributed by atoms with Crippen LogP contribution in [0.15, 0.2) is 16.6 Å². The van der Waals surface area contributed by atoms with Crippen molar-refractivity contribution < 1.29 is 9.53 Å². The summed E-state index contributed by atoms with van der Waals surface area (Å²) in [5.41, 5.74) is 2.95. The lowest BCUT2D eigenvalue weighted by molar-refractivity contribution is 0.0599. The molecule has 0 spiro atoms. The molecule has 0 heterocycles. The minimum absolute atomic E-state index is 0.299. The van der Waals surface area contributed by atoms with Gasteiger partial charge in [0.25, 0.3) is 0 Å². The zero-order valence-electron chi connectivity index (χ0n) is 8.56. The minimum atomic E-state index is -0.299. The molecule has 0 radical (unpaired) electrons. The van der Waals surface area contributed by atoms with Gasteiger partial charge >= 0.3 is 5.97 Å². The third-order valence-corrected chi connectivity index (χ3v) is 2.87. The highest BCUT2D eigenvalue weighted by Crippen LogP contribution is 2.22. The summed E-state index contributed by atoms with van der Waals surface area (Å²) in [6.45, 7) is 4.10. The summed E-state index contributed by atoms with van der Waals surface area (Å²) in [6.07, 6.45) is 0.920. The molecule has 1 rings (SSSR count). The van der Waals surface area contributed by atoms with Gasteiger partial charge in [-0.1, -0.05) is 6.92 Å². The van der Waals surface area contributed by atoms with Crippen molar-refractivity contribution in [1.29, 1.82) is 0 Å². The van der Waals surface area contributed by atoms with Crippen molar-refractivity contribution in [2.24, 2.45) is 0 Å². The summed E-state index contributed by atoms with van der Waals surface area (Å²) in [7, 11) is 1.39. The number of hydrogen-bond donors (Lipinski definition) is 0. The Morgan fingerprint density at radius 1 is 1.50 bits per heavy atom. The van der Waals surface area contributed by atoms with Crippen LogP contribution in [0, 0.1) is 6.92 Å². The van der Waals surface area contributed by atoms with Gasteiger partial charge in [0.2, 0.25) is 0 Å². The highest BCUT2D eigenvalue weighted by atomic mass is 79.9. The first kappa shape index (κ1) is 11.2. The summed E-state index contributed by atoms with van der Waals surface area (Å²) in [4.78, 5) is 11.4. The van der Waals surface area contributed by atoms with E-state index in [9.17, 15) is 4.79 Å². The number of ether oxygens (including phenoxy) is 1. The van der Waals surface area contributed by atoms with Gasteiger partial charge in [0.1, 0.15) is 0 Å². The number of halogens is 1. The van der Waals surface area contributed by atoms with Gasteiger partial charge in [-0.05, 0) is 52.5 Å². The van der Waals surface area contributed by atoms with E-state index >= 15 is 0 Å². The number of aryl methyl sites for hydroxylation is 2. The lowest BCUT2D eigenvalue weighted by atomic mass is 10.0. The third kappa shape index (κ3) is 2.15. The molecule has 0 aliphatic rings. The van der Waals surface area contributed by atoms with E-state index < -0.39 is 0 Å². The molecule has 14 heavy (non-hydrogen) atoms. The average molecular weight is 257 g/mol. The molecule has 0 N–H and O–H groups in total. The Bertz CT molecular complexity index is 359. The Labute approximate surface area is 92.4 Å². The molecule has 76 valence electrons. The number of esters is 1. The van der Waals surface area contributed by atoms with E-state index in [-0.39, 0.29) is 5.97 Å². The quantitative estimate of drug-likeness (QED) is 0.761. The predicted octanol–water partition coefficient (Wildman–Crippen LogP) is 3.11. The van der Waals surface area contributed by atoms with Crippen molar-refractivity contribution in [1.82, 2.24) is 0 Å². The summed E-state index contributed by atoms with van der Waals surface area (Å²) < 4.78 is 5.48. The van der Waals surface area contributed by atoms with Crippen LogP contribution in [-0.2, 0) is 11.2 Å². The van der Waals surface area contributed by atoms with Crippen LogP contribution in [0.1, 0.15) is 28.4 Å². The first-order valence-electron chi connectivity index (χ1n) is 4.47. The van der Waals surface area contributed by atoms with Gasteiger partial charge in [-0.15, -0.1) is 0 Å². The van der Waals surface area contributed by atoms with Crippen molar-refractivity contribution in [2.75, 3.05) is 7.11 Å². The Hall–Kier alpha value is -0.830. The Morgan fingerprint density at radius 2 is 2.14 bits per heavy atom. The lowest BCUT2D eigenvalue weighted by Crippen LogP contribution is -2.04. The average Bonchev–Trinajstić information content (AvgIpc) is 2.17. The van der Waals surface area contributed by atoms with Crippen LogP contribution in [0.2, 0.25) is 0 Å². The highest BCUT2D eigenvalue weighted by molar-refractivity contribution is 9.10. The molecule has 0 aliphatic carbocycles. The van der Waals surface area contributed by atoms with Gasteiger partial charge in [0.15, 0.2) is 0 Å². The summed E-state index contributed by atoms with van der Waals surface area (Å²) in [5.74, 6) is -0.299. The number of carbonyl (C=O) groups excluding carboxylic acids is 1. The van der Waals surface area contributed by atoms with Gasteiger partial charge in [-0.25, -0.2) is 4.79 Å². The fourth-order valence-corrected chi connectivity index (χ4v) is 1.98. The maximum Gasteiger partial charge on any atom is 0.339 e. The van der Waals surface area contributed by atoms with E-state index in [1.807, 2.05) is 19.1 Å². The molecule has 0 unspecified atom stereocenters. The van der Waals surface area contributed by atoms with Gasteiger partial charge in [0.05, 0.1) is 12.7 Å². The van der Waals surface area contributed by atoms with Crippen molar-refractivity contribution in [3.05, 3.63) is 33.3 Å². The Balaban J connectivity index is 3.24. The molecule has 1 aromatic carbocycles. The molecule has 0 saturated heterocycles. The molecule has 2 nitrogen and oxygen atoms in total. The zero-order chi connectivity index (χ0) is 10.7. The standard InChI is InChI=1S/C11H13BrO2/c1-4-8-6-9(11(13)14-3)10(12)5-7(8)2/h5-6H,4H2,1-3H3. The second kappa shape index (κ2) is 4.60. The summed E-state index contributed by atoms with van der Waals surface area (Å²) in [6, 6.07) is 3.83. The van der Waals surface area contributed by atoms with Crippen molar-refractivity contribution in [2.45, 2.75) is 20.3 Å². The fraction of sp³-hybridized carbons (Fsp3) is 0.364. The Morgan fingerprint density at radius 3 is 2.64 bits per heavy atom. The topological polar surface area (TPSA) is 26.3 Å². The van der Waals surface area contributed by atoms with Crippen LogP contribution in [0.5, 0.6) is 0 Å². The van der Waals surface area contributed by atoms with Crippen LogP contribution in [0.4, 0.5) is 0 Å². The van der Waals surface area contributed by atoms with Crippen molar-refractivity contribution in [3.63, 3.8) is 0 Å². The van der Waals surface area contributed by atoms with Crippen molar-refractivity contribution in [3.8, 4) is 0 Å². The number of benzene rings is 1. The van der Waals surface area contributed by atoms with E-state index in [2.05, 4.69) is 27.6 Å². The van der Waals surface area contributed by atoms with Crippen molar-refractivity contribution >= 4 is 21.9 Å². The fourth-order valence-electron chi connectivity index (χ4n) is 1.36. The molecule has 0 aromatic heterocycles.